The number of amides is 3. The topological polar surface area (TPSA) is 79.0 Å². The third-order valence-electron chi connectivity index (χ3n) is 4.35. The lowest BCUT2D eigenvalue weighted by Crippen LogP contribution is -2.35. The molecule has 140 valence electrons. The second kappa shape index (κ2) is 7.49. The van der Waals surface area contributed by atoms with Gasteiger partial charge in [0, 0.05) is 25.3 Å². The third-order valence-corrected chi connectivity index (χ3v) is 4.35. The molecule has 2 aromatic rings. The van der Waals surface area contributed by atoms with E-state index in [2.05, 4.69) is 5.32 Å². The van der Waals surface area contributed by atoms with E-state index in [1.807, 2.05) is 0 Å². The van der Waals surface area contributed by atoms with E-state index >= 15 is 0 Å². The molecule has 0 radical (unpaired) electrons. The number of nitrogens with one attached hydrogen (secondary N) is 1. The van der Waals surface area contributed by atoms with E-state index in [9.17, 15) is 14.4 Å². The van der Waals surface area contributed by atoms with E-state index in [1.165, 1.54) is 12.0 Å². The van der Waals surface area contributed by atoms with Gasteiger partial charge in [0.15, 0.2) is 0 Å². The number of hydrogen-bond donors (Lipinski definition) is 1. The van der Waals surface area contributed by atoms with Crippen LogP contribution in [0.4, 0.5) is 11.4 Å². The molecule has 3 rings (SSSR count). The quantitative estimate of drug-likeness (QED) is 0.819. The molecule has 2 aromatic carbocycles. The summed E-state index contributed by atoms with van der Waals surface area (Å²) in [4.78, 5) is 39.8. The van der Waals surface area contributed by atoms with Crippen molar-refractivity contribution in [1.29, 1.82) is 0 Å². The number of imide groups is 1. The molecule has 1 aliphatic heterocycles. The molecule has 1 atom stereocenters. The van der Waals surface area contributed by atoms with Gasteiger partial charge in [-0.25, -0.2) is 4.90 Å². The zero-order valence-electron chi connectivity index (χ0n) is 15.4. The summed E-state index contributed by atoms with van der Waals surface area (Å²) in [5.74, 6) is -0.262. The van der Waals surface area contributed by atoms with Crippen molar-refractivity contribution in [1.82, 2.24) is 4.90 Å². The monoisotopic (exact) mass is 367 g/mol. The molecule has 0 bridgehead atoms. The Morgan fingerprint density at radius 3 is 2.41 bits per heavy atom. The highest BCUT2D eigenvalue weighted by molar-refractivity contribution is 6.23. The number of anilines is 2. The standard InChI is InChI=1S/C20H21N3O4/c1-22(2)19(25)13-8-10-14(11-9-13)21-15-12-18(24)23(20(15)26)16-6-4-5-7-17(16)27-3/h4-11,15,21H,12H2,1-3H3/t15-/m1/s1. The van der Waals surface area contributed by atoms with Gasteiger partial charge in [0.2, 0.25) is 5.91 Å². The highest BCUT2D eigenvalue weighted by Crippen LogP contribution is 2.32. The zero-order valence-corrected chi connectivity index (χ0v) is 15.4. The van der Waals surface area contributed by atoms with Crippen LogP contribution in [0.2, 0.25) is 0 Å². The lowest BCUT2D eigenvalue weighted by Gasteiger charge is -2.18. The molecule has 1 heterocycles. The van der Waals surface area contributed by atoms with Gasteiger partial charge in [-0.1, -0.05) is 12.1 Å². The lowest BCUT2D eigenvalue weighted by molar-refractivity contribution is -0.121. The molecule has 7 nitrogen and oxygen atoms in total. The Bertz CT molecular complexity index is 877. The summed E-state index contributed by atoms with van der Waals surface area (Å²) in [7, 11) is 4.86. The van der Waals surface area contributed by atoms with Gasteiger partial charge >= 0.3 is 0 Å². The van der Waals surface area contributed by atoms with Crippen LogP contribution in [0, 0.1) is 0 Å². The first-order valence-electron chi connectivity index (χ1n) is 8.50. The molecule has 1 aliphatic rings. The number of carbonyl (C=O) groups is 3. The van der Waals surface area contributed by atoms with E-state index in [0.29, 0.717) is 22.7 Å². The van der Waals surface area contributed by atoms with Crippen molar-refractivity contribution in [3.63, 3.8) is 0 Å². The van der Waals surface area contributed by atoms with Crippen molar-refractivity contribution in [2.24, 2.45) is 0 Å². The Morgan fingerprint density at radius 1 is 1.11 bits per heavy atom. The number of hydrogen-bond acceptors (Lipinski definition) is 5. The predicted molar refractivity (Wildman–Crippen MR) is 102 cm³/mol. The van der Waals surface area contributed by atoms with Gasteiger partial charge in [-0.05, 0) is 36.4 Å². The van der Waals surface area contributed by atoms with E-state index in [-0.39, 0.29) is 24.1 Å². The van der Waals surface area contributed by atoms with Crippen LogP contribution in [-0.2, 0) is 9.59 Å². The second-order valence-electron chi connectivity index (χ2n) is 6.42. The van der Waals surface area contributed by atoms with E-state index in [4.69, 9.17) is 4.74 Å². The number of methoxy groups -OCH3 is 1. The lowest BCUT2D eigenvalue weighted by atomic mass is 10.1. The first-order chi connectivity index (χ1) is 12.9. The number of nitrogens with zero attached hydrogens (tertiary/aromatic N) is 2. The molecule has 0 unspecified atom stereocenters. The number of ether oxygens (including phenoxy) is 1. The summed E-state index contributed by atoms with van der Waals surface area (Å²) in [6.45, 7) is 0. The fourth-order valence-electron chi connectivity index (χ4n) is 2.98. The van der Waals surface area contributed by atoms with Gasteiger partial charge in [0.25, 0.3) is 11.8 Å². The SMILES string of the molecule is COc1ccccc1N1C(=O)C[C@@H](Nc2ccc(C(=O)N(C)C)cc2)C1=O. The molecule has 7 heteroatoms. The van der Waals surface area contributed by atoms with Crippen molar-refractivity contribution in [2.45, 2.75) is 12.5 Å². The average Bonchev–Trinajstić information content (AvgIpc) is 2.94. The maximum absolute atomic E-state index is 12.8. The van der Waals surface area contributed by atoms with Gasteiger partial charge in [0.05, 0.1) is 19.2 Å². The zero-order chi connectivity index (χ0) is 19.6. The Hall–Kier alpha value is -3.35. The van der Waals surface area contributed by atoms with E-state index in [0.717, 1.165) is 4.90 Å². The van der Waals surface area contributed by atoms with Crippen LogP contribution in [0.5, 0.6) is 5.75 Å². The van der Waals surface area contributed by atoms with Crippen LogP contribution in [0.1, 0.15) is 16.8 Å². The Balaban J connectivity index is 1.77. The number of rotatable bonds is 5. The normalized spacial score (nSPS) is 16.4. The van der Waals surface area contributed by atoms with Gasteiger partial charge in [0.1, 0.15) is 11.8 Å². The minimum absolute atomic E-state index is 0.0509. The Morgan fingerprint density at radius 2 is 1.78 bits per heavy atom. The van der Waals surface area contributed by atoms with Gasteiger partial charge in [-0.2, -0.15) is 0 Å². The molecule has 0 aliphatic carbocycles. The molecular weight excluding hydrogens is 346 g/mol. The highest BCUT2D eigenvalue weighted by Gasteiger charge is 2.40. The van der Waals surface area contributed by atoms with Crippen LogP contribution in [-0.4, -0.2) is 49.9 Å². The predicted octanol–water partition coefficient (Wildman–Crippen LogP) is 2.14. The minimum atomic E-state index is -0.669. The maximum Gasteiger partial charge on any atom is 0.256 e. The third kappa shape index (κ3) is 3.62. The van der Waals surface area contributed by atoms with Gasteiger partial charge < -0.3 is 15.0 Å². The molecule has 0 spiro atoms. The minimum Gasteiger partial charge on any atom is -0.495 e. The molecule has 1 saturated heterocycles. The van der Waals surface area contributed by atoms with Crippen LogP contribution in [0.3, 0.4) is 0 Å². The number of benzene rings is 2. The van der Waals surface area contributed by atoms with Crippen LogP contribution >= 0.6 is 0 Å². The number of carbonyl (C=O) groups excluding carboxylic acids is 3. The molecule has 27 heavy (non-hydrogen) atoms. The van der Waals surface area contributed by atoms with Crippen molar-refractivity contribution >= 4 is 29.1 Å². The first-order valence-corrected chi connectivity index (χ1v) is 8.50. The summed E-state index contributed by atoms with van der Waals surface area (Å²) >= 11 is 0. The summed E-state index contributed by atoms with van der Waals surface area (Å²) < 4.78 is 5.26. The van der Waals surface area contributed by atoms with E-state index in [1.54, 1.807) is 62.6 Å². The van der Waals surface area contributed by atoms with Crippen LogP contribution in [0.15, 0.2) is 48.5 Å². The van der Waals surface area contributed by atoms with Crippen molar-refractivity contribution in [2.75, 3.05) is 31.4 Å². The second-order valence-corrected chi connectivity index (χ2v) is 6.42. The molecule has 3 amide bonds. The smallest absolute Gasteiger partial charge is 0.256 e. The molecule has 1 fully saturated rings. The van der Waals surface area contributed by atoms with Crippen LogP contribution < -0.4 is 15.0 Å². The summed E-state index contributed by atoms with van der Waals surface area (Å²) in [5.41, 5.74) is 1.65. The van der Waals surface area contributed by atoms with Gasteiger partial charge in [-0.15, -0.1) is 0 Å². The van der Waals surface area contributed by atoms with Crippen molar-refractivity contribution in [3.05, 3.63) is 54.1 Å². The number of para-hydroxylation sites is 2. The molecule has 0 saturated carbocycles. The Kier molecular flexibility index (Phi) is 5.12. The van der Waals surface area contributed by atoms with E-state index < -0.39 is 6.04 Å². The summed E-state index contributed by atoms with van der Waals surface area (Å²) in [5, 5.41) is 3.08. The fraction of sp³-hybridized carbons (Fsp3) is 0.250. The summed E-state index contributed by atoms with van der Waals surface area (Å²) in [6.07, 6.45) is 0.0509. The highest BCUT2D eigenvalue weighted by atomic mass is 16.5. The first kappa shape index (κ1) is 18.4. The molecular formula is C20H21N3O4. The fourth-order valence-corrected chi connectivity index (χ4v) is 2.98. The average molecular weight is 367 g/mol. The van der Waals surface area contributed by atoms with Crippen LogP contribution in [0.25, 0.3) is 0 Å². The van der Waals surface area contributed by atoms with Crippen molar-refractivity contribution < 1.29 is 19.1 Å². The van der Waals surface area contributed by atoms with Crippen molar-refractivity contribution in [3.8, 4) is 5.75 Å². The van der Waals surface area contributed by atoms with Gasteiger partial charge in [-0.3, -0.25) is 14.4 Å². The molecule has 1 N–H and O–H groups in total. The molecule has 0 aromatic heterocycles. The maximum atomic E-state index is 12.8. The summed E-state index contributed by atoms with van der Waals surface area (Å²) in [6, 6.07) is 13.1. The largest absolute Gasteiger partial charge is 0.495 e. The Labute approximate surface area is 157 Å².